The van der Waals surface area contributed by atoms with Crippen molar-refractivity contribution in [3.05, 3.63) is 16.1 Å². The Morgan fingerprint density at radius 1 is 1.62 bits per heavy atom. The van der Waals surface area contributed by atoms with Crippen LogP contribution in [0.4, 0.5) is 0 Å². The Bertz CT molecular complexity index is 449. The summed E-state index contributed by atoms with van der Waals surface area (Å²) in [7, 11) is -2.97. The van der Waals surface area contributed by atoms with Gasteiger partial charge in [0.2, 0.25) is 0 Å². The van der Waals surface area contributed by atoms with Gasteiger partial charge in [0.1, 0.15) is 10.8 Å². The van der Waals surface area contributed by atoms with E-state index in [1.54, 1.807) is 0 Å². The van der Waals surface area contributed by atoms with Crippen molar-refractivity contribution in [2.24, 2.45) is 0 Å². The van der Waals surface area contributed by atoms with E-state index in [2.05, 4.69) is 10.3 Å². The van der Waals surface area contributed by atoms with Crippen molar-refractivity contribution in [2.45, 2.75) is 11.8 Å². The molecule has 1 fully saturated rings. The number of aromatic nitrogens is 1. The molecule has 0 aromatic carbocycles. The minimum Gasteiger partial charge on any atom is -0.307 e. The molecule has 16 heavy (non-hydrogen) atoms. The molecule has 1 aromatic rings. The Labute approximate surface area is 104 Å². The van der Waals surface area contributed by atoms with Gasteiger partial charge in [0.25, 0.3) is 0 Å². The van der Waals surface area contributed by atoms with Crippen molar-refractivity contribution in [2.75, 3.05) is 24.3 Å². The molecule has 0 radical (unpaired) electrons. The molecule has 0 spiro atoms. The summed E-state index contributed by atoms with van der Waals surface area (Å²) in [5, 5.41) is 6.04. The fourth-order valence-electron chi connectivity index (χ4n) is 1.53. The fraction of sp³-hybridized carbons (Fsp3) is 0.667. The molecular formula is C9H14N2O2S3. The molecule has 0 aliphatic carbocycles. The average Bonchev–Trinajstić information content (AvgIpc) is 2.65. The van der Waals surface area contributed by atoms with Gasteiger partial charge < -0.3 is 5.32 Å². The van der Waals surface area contributed by atoms with Crippen LogP contribution in [0.15, 0.2) is 5.38 Å². The predicted molar refractivity (Wildman–Crippen MR) is 68.7 cm³/mol. The first-order valence-corrected chi connectivity index (χ1v) is 9.07. The maximum atomic E-state index is 11.1. The van der Waals surface area contributed by atoms with Gasteiger partial charge in [0, 0.05) is 29.7 Å². The van der Waals surface area contributed by atoms with Crippen molar-refractivity contribution in [3.8, 4) is 0 Å². The fourth-order valence-corrected chi connectivity index (χ4v) is 4.54. The van der Waals surface area contributed by atoms with E-state index in [-0.39, 0.29) is 11.8 Å². The van der Waals surface area contributed by atoms with Crippen molar-refractivity contribution in [1.29, 1.82) is 0 Å². The van der Waals surface area contributed by atoms with E-state index in [1.807, 2.05) is 17.1 Å². The highest BCUT2D eigenvalue weighted by molar-refractivity contribution is 7.99. The van der Waals surface area contributed by atoms with Gasteiger partial charge in [-0.15, -0.1) is 11.3 Å². The largest absolute Gasteiger partial charge is 0.307 e. The molecule has 1 N–H and O–H groups in total. The SMILES string of the molecule is CS(=O)(=O)Cc1nc(C2CSCCN2)cs1. The molecule has 0 bridgehead atoms. The van der Waals surface area contributed by atoms with E-state index in [4.69, 9.17) is 0 Å². The lowest BCUT2D eigenvalue weighted by Gasteiger charge is -2.21. The molecule has 1 saturated heterocycles. The molecule has 7 heteroatoms. The summed E-state index contributed by atoms with van der Waals surface area (Å²) in [5.74, 6) is 2.20. The maximum absolute atomic E-state index is 11.1. The van der Waals surface area contributed by atoms with E-state index in [0.29, 0.717) is 5.01 Å². The Morgan fingerprint density at radius 2 is 2.44 bits per heavy atom. The second kappa shape index (κ2) is 5.03. The van der Waals surface area contributed by atoms with Crippen molar-refractivity contribution >= 4 is 32.9 Å². The van der Waals surface area contributed by atoms with Crippen LogP contribution in [0.1, 0.15) is 16.7 Å². The Hall–Kier alpha value is -0.110. The molecule has 0 amide bonds. The Balaban J connectivity index is 2.06. The lowest BCUT2D eigenvalue weighted by atomic mass is 10.2. The number of hydrogen-bond acceptors (Lipinski definition) is 6. The molecule has 0 saturated carbocycles. The zero-order chi connectivity index (χ0) is 11.6. The summed E-state index contributed by atoms with van der Waals surface area (Å²) in [5.41, 5.74) is 0.982. The molecule has 1 aliphatic rings. The number of nitrogens with zero attached hydrogens (tertiary/aromatic N) is 1. The van der Waals surface area contributed by atoms with Gasteiger partial charge in [-0.1, -0.05) is 0 Å². The van der Waals surface area contributed by atoms with Gasteiger partial charge in [-0.3, -0.25) is 0 Å². The summed E-state index contributed by atoms with van der Waals surface area (Å²) in [6.07, 6.45) is 1.24. The van der Waals surface area contributed by atoms with Gasteiger partial charge >= 0.3 is 0 Å². The van der Waals surface area contributed by atoms with Crippen LogP contribution in [0, 0.1) is 0 Å². The zero-order valence-corrected chi connectivity index (χ0v) is 11.4. The number of hydrogen-bond donors (Lipinski definition) is 1. The van der Waals surface area contributed by atoms with Crippen LogP contribution in [0.2, 0.25) is 0 Å². The van der Waals surface area contributed by atoms with Crippen molar-refractivity contribution in [1.82, 2.24) is 10.3 Å². The highest BCUT2D eigenvalue weighted by atomic mass is 32.2. The first-order valence-electron chi connectivity index (χ1n) is 4.98. The lowest BCUT2D eigenvalue weighted by molar-refractivity contribution is 0.581. The summed E-state index contributed by atoms with van der Waals surface area (Å²) in [6.45, 7) is 0.994. The maximum Gasteiger partial charge on any atom is 0.153 e. The third kappa shape index (κ3) is 3.44. The number of sulfone groups is 1. The van der Waals surface area contributed by atoms with Gasteiger partial charge in [0.05, 0.1) is 11.7 Å². The first-order chi connectivity index (χ1) is 7.54. The Morgan fingerprint density at radius 3 is 3.06 bits per heavy atom. The van der Waals surface area contributed by atoms with Crippen LogP contribution in [-0.4, -0.2) is 37.7 Å². The van der Waals surface area contributed by atoms with Crippen LogP contribution in [0.25, 0.3) is 0 Å². The van der Waals surface area contributed by atoms with E-state index in [1.165, 1.54) is 17.6 Å². The summed E-state index contributed by atoms with van der Waals surface area (Å²) >= 11 is 3.33. The van der Waals surface area contributed by atoms with Gasteiger partial charge in [0.15, 0.2) is 9.84 Å². The molecule has 1 aromatic heterocycles. The minimum absolute atomic E-state index is 0.0531. The zero-order valence-electron chi connectivity index (χ0n) is 8.97. The normalized spacial score (nSPS) is 22.2. The molecule has 2 heterocycles. The molecule has 90 valence electrons. The average molecular weight is 278 g/mol. The molecule has 4 nitrogen and oxygen atoms in total. The topological polar surface area (TPSA) is 59.1 Å². The number of thiazole rings is 1. The second-order valence-corrected chi connectivity index (χ2v) is 8.05. The van der Waals surface area contributed by atoms with Crippen LogP contribution >= 0.6 is 23.1 Å². The predicted octanol–water partition coefficient (Wildman–Crippen LogP) is 1.07. The highest BCUT2D eigenvalue weighted by Crippen LogP contribution is 2.23. The van der Waals surface area contributed by atoms with E-state index in [9.17, 15) is 8.42 Å². The summed E-state index contributed by atoms with van der Waals surface area (Å²) < 4.78 is 22.3. The van der Waals surface area contributed by atoms with Crippen molar-refractivity contribution < 1.29 is 8.42 Å². The lowest BCUT2D eigenvalue weighted by Crippen LogP contribution is -2.30. The molecule has 2 rings (SSSR count). The number of rotatable bonds is 3. The molecule has 1 aliphatic heterocycles. The van der Waals surface area contributed by atoms with Crippen molar-refractivity contribution in [3.63, 3.8) is 0 Å². The van der Waals surface area contributed by atoms with Crippen LogP contribution in [0.3, 0.4) is 0 Å². The third-order valence-electron chi connectivity index (χ3n) is 2.23. The number of thioether (sulfide) groups is 1. The van der Waals surface area contributed by atoms with E-state index in [0.717, 1.165) is 23.7 Å². The van der Waals surface area contributed by atoms with Crippen LogP contribution in [-0.2, 0) is 15.6 Å². The monoisotopic (exact) mass is 278 g/mol. The van der Waals surface area contributed by atoms with Crippen LogP contribution < -0.4 is 5.32 Å². The van der Waals surface area contributed by atoms with Gasteiger partial charge in [-0.25, -0.2) is 13.4 Å². The standard InChI is InChI=1S/C9H14N2O2S3/c1-16(12,13)6-9-11-8(5-15-9)7-4-14-3-2-10-7/h5,7,10H,2-4,6H2,1H3. The van der Waals surface area contributed by atoms with E-state index < -0.39 is 9.84 Å². The van der Waals surface area contributed by atoms with E-state index >= 15 is 0 Å². The number of nitrogens with one attached hydrogen (secondary N) is 1. The summed E-state index contributed by atoms with van der Waals surface area (Å²) in [6, 6.07) is 0.281. The minimum atomic E-state index is -2.97. The molecule has 1 unspecified atom stereocenters. The molecular weight excluding hydrogens is 264 g/mol. The highest BCUT2D eigenvalue weighted by Gasteiger charge is 2.18. The molecule has 1 atom stereocenters. The van der Waals surface area contributed by atoms with Gasteiger partial charge in [-0.2, -0.15) is 11.8 Å². The smallest absolute Gasteiger partial charge is 0.153 e. The van der Waals surface area contributed by atoms with Gasteiger partial charge in [-0.05, 0) is 0 Å². The summed E-state index contributed by atoms with van der Waals surface area (Å²) in [4.78, 5) is 4.38. The first kappa shape index (κ1) is 12.3. The quantitative estimate of drug-likeness (QED) is 0.896. The Kier molecular flexibility index (Phi) is 3.89. The third-order valence-corrected chi connectivity index (χ3v) is 5.14. The van der Waals surface area contributed by atoms with Crippen LogP contribution in [0.5, 0.6) is 0 Å². The second-order valence-electron chi connectivity index (χ2n) is 3.82.